The molecule has 0 N–H and O–H groups in total. The molecule has 0 atom stereocenters. The van der Waals surface area contributed by atoms with Crippen LogP contribution in [0, 0.1) is 11.3 Å². The van der Waals surface area contributed by atoms with Crippen LogP contribution in [0.2, 0.25) is 0 Å². The van der Waals surface area contributed by atoms with Crippen LogP contribution in [0.15, 0.2) is 22.7 Å². The monoisotopic (exact) mass is 351 g/mol. The van der Waals surface area contributed by atoms with Gasteiger partial charge in [0.15, 0.2) is 0 Å². The van der Waals surface area contributed by atoms with Crippen molar-refractivity contribution in [3.63, 3.8) is 0 Å². The summed E-state index contributed by atoms with van der Waals surface area (Å²) < 4.78 is 0.930. The van der Waals surface area contributed by atoms with E-state index in [4.69, 9.17) is 5.26 Å². The van der Waals surface area contributed by atoms with Gasteiger partial charge < -0.3 is 0 Å². The highest BCUT2D eigenvalue weighted by molar-refractivity contribution is 9.24. The van der Waals surface area contributed by atoms with Gasteiger partial charge in [-0.2, -0.15) is 5.26 Å². The molecule has 4 heteroatoms. The van der Waals surface area contributed by atoms with Gasteiger partial charge in [-0.05, 0) is 33.6 Å². The van der Waals surface area contributed by atoms with Crippen LogP contribution in [0.4, 0.5) is 0 Å². The molecule has 62 valence electrons. The number of hydrogen-bond donors (Lipinski definition) is 0. The Morgan fingerprint density at radius 2 is 2.00 bits per heavy atom. The minimum atomic E-state index is 0.102. The van der Waals surface area contributed by atoms with Crippen molar-refractivity contribution in [3.8, 4) is 6.07 Å². The summed E-state index contributed by atoms with van der Waals surface area (Å²) in [4.78, 5) is 0. The lowest BCUT2D eigenvalue weighted by atomic mass is 10.2. The normalized spacial score (nSPS) is 9.92. The first-order chi connectivity index (χ1) is 5.65. The SMILES string of the molecule is N#Cc1cc(C(Br)Br)ccc1Br. The van der Waals surface area contributed by atoms with Crippen molar-refractivity contribution < 1.29 is 0 Å². The number of hydrogen-bond acceptors (Lipinski definition) is 1. The molecule has 1 aromatic rings. The summed E-state index contributed by atoms with van der Waals surface area (Å²) in [6, 6.07) is 7.74. The highest BCUT2D eigenvalue weighted by Gasteiger charge is 2.05. The lowest BCUT2D eigenvalue weighted by molar-refractivity contribution is 1.37. The largest absolute Gasteiger partial charge is 0.192 e. The molecule has 12 heavy (non-hydrogen) atoms. The summed E-state index contributed by atoms with van der Waals surface area (Å²) in [5, 5.41) is 8.71. The Kier molecular flexibility index (Phi) is 3.76. The summed E-state index contributed by atoms with van der Waals surface area (Å²) in [6.07, 6.45) is 0. The van der Waals surface area contributed by atoms with E-state index in [0.29, 0.717) is 5.56 Å². The summed E-state index contributed by atoms with van der Waals surface area (Å²) >= 11 is 10.0. The molecule has 0 unspecified atom stereocenters. The highest BCUT2D eigenvalue weighted by atomic mass is 79.9. The van der Waals surface area contributed by atoms with Gasteiger partial charge in [-0.15, -0.1) is 0 Å². The Morgan fingerprint density at radius 3 is 2.50 bits per heavy atom. The molecular formula is C8H4Br3N. The van der Waals surface area contributed by atoms with Gasteiger partial charge in [0.2, 0.25) is 0 Å². The van der Waals surface area contributed by atoms with Crippen molar-refractivity contribution in [1.29, 1.82) is 5.26 Å². The van der Waals surface area contributed by atoms with E-state index in [-0.39, 0.29) is 3.74 Å². The van der Waals surface area contributed by atoms with E-state index in [1.807, 2.05) is 18.2 Å². The number of benzene rings is 1. The topological polar surface area (TPSA) is 23.8 Å². The Morgan fingerprint density at radius 1 is 1.33 bits per heavy atom. The molecule has 0 saturated carbocycles. The lowest BCUT2D eigenvalue weighted by Gasteiger charge is -2.02. The Hall–Kier alpha value is 0.150. The molecule has 0 spiro atoms. The maximum Gasteiger partial charge on any atom is 0.100 e. The molecule has 0 saturated heterocycles. The van der Waals surface area contributed by atoms with Crippen LogP contribution in [-0.4, -0.2) is 0 Å². The highest BCUT2D eigenvalue weighted by Crippen LogP contribution is 2.31. The van der Waals surface area contributed by atoms with Gasteiger partial charge in [-0.3, -0.25) is 0 Å². The zero-order chi connectivity index (χ0) is 9.14. The molecule has 0 bridgehead atoms. The third-order valence-electron chi connectivity index (χ3n) is 1.36. The number of nitrogens with zero attached hydrogens (tertiary/aromatic N) is 1. The minimum absolute atomic E-state index is 0.102. The smallest absolute Gasteiger partial charge is 0.100 e. The maximum atomic E-state index is 8.71. The zero-order valence-electron chi connectivity index (χ0n) is 5.89. The van der Waals surface area contributed by atoms with E-state index in [1.54, 1.807) is 0 Å². The van der Waals surface area contributed by atoms with Crippen molar-refractivity contribution in [2.24, 2.45) is 0 Å². The summed E-state index contributed by atoms with van der Waals surface area (Å²) in [5.41, 5.74) is 1.69. The van der Waals surface area contributed by atoms with E-state index in [9.17, 15) is 0 Å². The fraction of sp³-hybridized carbons (Fsp3) is 0.125. The van der Waals surface area contributed by atoms with Crippen LogP contribution in [0.5, 0.6) is 0 Å². The van der Waals surface area contributed by atoms with E-state index < -0.39 is 0 Å². The first-order valence-electron chi connectivity index (χ1n) is 3.13. The molecule has 0 radical (unpaired) electrons. The first-order valence-corrected chi connectivity index (χ1v) is 5.75. The Balaban J connectivity index is 3.16. The van der Waals surface area contributed by atoms with Crippen molar-refractivity contribution in [2.45, 2.75) is 3.74 Å². The van der Waals surface area contributed by atoms with Gasteiger partial charge in [0, 0.05) is 4.47 Å². The van der Waals surface area contributed by atoms with Crippen LogP contribution in [0.1, 0.15) is 14.9 Å². The van der Waals surface area contributed by atoms with E-state index in [1.165, 1.54) is 0 Å². The van der Waals surface area contributed by atoms with Crippen molar-refractivity contribution in [2.75, 3.05) is 0 Å². The summed E-state index contributed by atoms with van der Waals surface area (Å²) in [5.74, 6) is 0. The van der Waals surface area contributed by atoms with E-state index in [2.05, 4.69) is 53.9 Å². The van der Waals surface area contributed by atoms with Crippen LogP contribution in [0.3, 0.4) is 0 Å². The number of alkyl halides is 2. The quantitative estimate of drug-likeness (QED) is 0.697. The van der Waals surface area contributed by atoms with E-state index >= 15 is 0 Å². The minimum Gasteiger partial charge on any atom is -0.192 e. The third kappa shape index (κ3) is 2.32. The van der Waals surface area contributed by atoms with Crippen molar-refractivity contribution in [1.82, 2.24) is 0 Å². The zero-order valence-corrected chi connectivity index (χ0v) is 10.6. The van der Waals surface area contributed by atoms with E-state index in [0.717, 1.165) is 10.0 Å². The molecule has 1 rings (SSSR count). The fourth-order valence-corrected chi connectivity index (χ4v) is 1.67. The maximum absolute atomic E-state index is 8.71. The number of nitriles is 1. The predicted molar refractivity (Wildman–Crippen MR) is 59.5 cm³/mol. The van der Waals surface area contributed by atoms with Crippen molar-refractivity contribution in [3.05, 3.63) is 33.8 Å². The molecule has 1 aromatic carbocycles. The van der Waals surface area contributed by atoms with Gasteiger partial charge in [-0.25, -0.2) is 0 Å². The fourth-order valence-electron chi connectivity index (χ4n) is 0.764. The molecule has 0 aliphatic carbocycles. The average Bonchev–Trinajstić information content (AvgIpc) is 2.05. The van der Waals surface area contributed by atoms with Gasteiger partial charge in [0.1, 0.15) is 6.07 Å². The number of rotatable bonds is 1. The molecule has 0 aliphatic rings. The van der Waals surface area contributed by atoms with Crippen LogP contribution in [-0.2, 0) is 0 Å². The Labute approximate surface area is 96.2 Å². The molecule has 1 nitrogen and oxygen atoms in total. The Bertz CT molecular complexity index is 328. The molecule has 0 aromatic heterocycles. The third-order valence-corrected chi connectivity index (χ3v) is 3.11. The molecule has 0 amide bonds. The van der Waals surface area contributed by atoms with Crippen LogP contribution in [0.25, 0.3) is 0 Å². The molecular weight excluding hydrogens is 350 g/mol. The molecule has 0 aliphatic heterocycles. The number of halogens is 3. The second kappa shape index (κ2) is 4.40. The summed E-state index contributed by atoms with van der Waals surface area (Å²) in [7, 11) is 0. The molecule has 0 fully saturated rings. The van der Waals surface area contributed by atoms with Gasteiger partial charge in [0.25, 0.3) is 0 Å². The second-order valence-corrected chi connectivity index (χ2v) is 6.07. The average molecular weight is 354 g/mol. The first kappa shape index (κ1) is 10.2. The van der Waals surface area contributed by atoms with Gasteiger partial charge in [0.05, 0.1) is 9.30 Å². The van der Waals surface area contributed by atoms with Crippen LogP contribution >= 0.6 is 47.8 Å². The van der Waals surface area contributed by atoms with Crippen molar-refractivity contribution >= 4 is 47.8 Å². The lowest BCUT2D eigenvalue weighted by Crippen LogP contribution is -1.83. The summed E-state index contributed by atoms with van der Waals surface area (Å²) in [6.45, 7) is 0. The van der Waals surface area contributed by atoms with Crippen LogP contribution < -0.4 is 0 Å². The van der Waals surface area contributed by atoms with Gasteiger partial charge >= 0.3 is 0 Å². The predicted octanol–water partition coefficient (Wildman–Crippen LogP) is 4.11. The molecule has 0 heterocycles. The standard InChI is InChI=1S/C8H4Br3N/c9-7-2-1-5(8(10)11)3-6(7)4-12/h1-3,8H. The van der Waals surface area contributed by atoms with Gasteiger partial charge in [-0.1, -0.05) is 37.9 Å². The second-order valence-electron chi connectivity index (χ2n) is 2.15.